The minimum absolute atomic E-state index is 0.0639. The van der Waals surface area contributed by atoms with Crippen molar-refractivity contribution < 1.29 is 9.53 Å². The fraction of sp³-hybridized carbons (Fsp3) is 0.778. The number of hydrogen-bond acceptors (Lipinski definition) is 3. The SMILES string of the molecule is CC(C)C[C@@H]1OCCC[C@H]1NC(=O)c1ccn(C2CCCC2)n1. The molecule has 1 aliphatic carbocycles. The summed E-state index contributed by atoms with van der Waals surface area (Å²) >= 11 is 0. The van der Waals surface area contributed by atoms with Crippen molar-refractivity contribution in [3.05, 3.63) is 18.0 Å². The Bertz CT molecular complexity index is 520. The zero-order valence-electron chi connectivity index (χ0n) is 14.3. The van der Waals surface area contributed by atoms with E-state index in [9.17, 15) is 4.79 Å². The van der Waals surface area contributed by atoms with E-state index >= 15 is 0 Å². The van der Waals surface area contributed by atoms with Gasteiger partial charge in [0.05, 0.1) is 18.2 Å². The Kier molecular flexibility index (Phi) is 5.36. The Morgan fingerprint density at radius 3 is 2.87 bits per heavy atom. The molecule has 0 unspecified atom stereocenters. The van der Waals surface area contributed by atoms with Crippen LogP contribution in [0.4, 0.5) is 0 Å². The highest BCUT2D eigenvalue weighted by Crippen LogP contribution is 2.28. The van der Waals surface area contributed by atoms with Crippen molar-refractivity contribution in [3.63, 3.8) is 0 Å². The molecule has 0 aromatic carbocycles. The Balaban J connectivity index is 1.61. The van der Waals surface area contributed by atoms with Crippen molar-refractivity contribution in [3.8, 4) is 0 Å². The summed E-state index contributed by atoms with van der Waals surface area (Å²) in [6, 6.07) is 2.42. The molecule has 0 spiro atoms. The largest absolute Gasteiger partial charge is 0.376 e. The first-order chi connectivity index (χ1) is 11.1. The fourth-order valence-corrected chi connectivity index (χ4v) is 3.78. The summed E-state index contributed by atoms with van der Waals surface area (Å²) in [4.78, 5) is 12.5. The average Bonchev–Trinajstić information content (AvgIpc) is 3.19. The van der Waals surface area contributed by atoms with Crippen LogP contribution in [0.25, 0.3) is 0 Å². The van der Waals surface area contributed by atoms with Crippen LogP contribution in [0.1, 0.15) is 75.3 Å². The molecule has 0 bridgehead atoms. The Morgan fingerprint density at radius 2 is 2.13 bits per heavy atom. The molecule has 1 amide bonds. The summed E-state index contributed by atoms with van der Waals surface area (Å²) in [5.41, 5.74) is 0.533. The highest BCUT2D eigenvalue weighted by molar-refractivity contribution is 5.92. The Morgan fingerprint density at radius 1 is 1.35 bits per heavy atom. The van der Waals surface area contributed by atoms with Crippen molar-refractivity contribution in [2.24, 2.45) is 5.92 Å². The molecule has 1 N–H and O–H groups in total. The number of rotatable bonds is 5. The maximum absolute atomic E-state index is 12.5. The van der Waals surface area contributed by atoms with E-state index in [1.807, 2.05) is 16.9 Å². The maximum Gasteiger partial charge on any atom is 0.272 e. The van der Waals surface area contributed by atoms with Crippen LogP contribution in [-0.2, 0) is 4.74 Å². The lowest BCUT2D eigenvalue weighted by molar-refractivity contribution is -0.0186. The first kappa shape index (κ1) is 16.5. The second-order valence-corrected chi connectivity index (χ2v) is 7.38. The molecular weight excluding hydrogens is 290 g/mol. The van der Waals surface area contributed by atoms with Crippen molar-refractivity contribution in [2.45, 2.75) is 77.0 Å². The van der Waals surface area contributed by atoms with Gasteiger partial charge in [-0.3, -0.25) is 9.48 Å². The van der Waals surface area contributed by atoms with Gasteiger partial charge in [0.15, 0.2) is 0 Å². The van der Waals surface area contributed by atoms with E-state index in [0.29, 0.717) is 17.7 Å². The molecule has 5 heteroatoms. The highest BCUT2D eigenvalue weighted by Gasteiger charge is 2.29. The number of hydrogen-bond donors (Lipinski definition) is 1. The summed E-state index contributed by atoms with van der Waals surface area (Å²) in [7, 11) is 0. The zero-order valence-corrected chi connectivity index (χ0v) is 14.3. The molecule has 1 aromatic rings. The second-order valence-electron chi connectivity index (χ2n) is 7.38. The van der Waals surface area contributed by atoms with Crippen LogP contribution in [0.15, 0.2) is 12.3 Å². The number of amides is 1. The molecule has 2 fully saturated rings. The van der Waals surface area contributed by atoms with Gasteiger partial charge < -0.3 is 10.1 Å². The third-order valence-electron chi connectivity index (χ3n) is 5.00. The number of carbonyl (C=O) groups excluding carboxylic acids is 1. The van der Waals surface area contributed by atoms with Gasteiger partial charge in [-0.15, -0.1) is 0 Å². The predicted molar refractivity (Wildman–Crippen MR) is 89.4 cm³/mol. The molecule has 1 saturated heterocycles. The molecule has 5 nitrogen and oxygen atoms in total. The van der Waals surface area contributed by atoms with Gasteiger partial charge in [0.25, 0.3) is 5.91 Å². The minimum Gasteiger partial charge on any atom is -0.376 e. The minimum atomic E-state index is -0.0639. The number of nitrogens with zero attached hydrogens (tertiary/aromatic N) is 2. The summed E-state index contributed by atoms with van der Waals surface area (Å²) in [6.45, 7) is 5.19. The summed E-state index contributed by atoms with van der Waals surface area (Å²) in [6.07, 6.45) is 9.96. The molecule has 128 valence electrons. The lowest BCUT2D eigenvalue weighted by Gasteiger charge is -2.33. The normalized spacial score (nSPS) is 25.9. The van der Waals surface area contributed by atoms with Gasteiger partial charge in [-0.25, -0.2) is 0 Å². The molecular formula is C18H29N3O2. The fourth-order valence-electron chi connectivity index (χ4n) is 3.78. The maximum atomic E-state index is 12.5. The second kappa shape index (κ2) is 7.47. The van der Waals surface area contributed by atoms with Gasteiger partial charge in [-0.2, -0.15) is 5.10 Å². The Labute approximate surface area is 138 Å². The van der Waals surface area contributed by atoms with Gasteiger partial charge in [0.1, 0.15) is 5.69 Å². The van der Waals surface area contributed by atoms with E-state index in [1.165, 1.54) is 25.7 Å². The smallest absolute Gasteiger partial charge is 0.272 e. The van der Waals surface area contributed by atoms with Gasteiger partial charge in [-0.05, 0) is 44.1 Å². The first-order valence-electron chi connectivity index (χ1n) is 9.11. The third-order valence-corrected chi connectivity index (χ3v) is 5.00. The van der Waals surface area contributed by atoms with Crippen LogP contribution in [0.2, 0.25) is 0 Å². The first-order valence-corrected chi connectivity index (χ1v) is 9.11. The van der Waals surface area contributed by atoms with E-state index in [4.69, 9.17) is 4.74 Å². The summed E-state index contributed by atoms with van der Waals surface area (Å²) in [5.74, 6) is 0.505. The van der Waals surface area contributed by atoms with Crippen molar-refractivity contribution in [2.75, 3.05) is 6.61 Å². The lowest BCUT2D eigenvalue weighted by Crippen LogP contribution is -2.47. The average molecular weight is 319 g/mol. The molecule has 2 aliphatic rings. The van der Waals surface area contributed by atoms with Crippen LogP contribution >= 0.6 is 0 Å². The number of aromatic nitrogens is 2. The van der Waals surface area contributed by atoms with Crippen LogP contribution in [0.5, 0.6) is 0 Å². The van der Waals surface area contributed by atoms with Crippen molar-refractivity contribution in [1.82, 2.24) is 15.1 Å². The molecule has 2 atom stereocenters. The molecule has 1 aromatic heterocycles. The van der Waals surface area contributed by atoms with Crippen LogP contribution < -0.4 is 5.32 Å². The zero-order chi connectivity index (χ0) is 16.2. The van der Waals surface area contributed by atoms with Crippen LogP contribution in [0.3, 0.4) is 0 Å². The van der Waals surface area contributed by atoms with E-state index in [-0.39, 0.29) is 18.1 Å². The Hall–Kier alpha value is -1.36. The molecule has 2 heterocycles. The van der Waals surface area contributed by atoms with Crippen molar-refractivity contribution >= 4 is 5.91 Å². The molecule has 1 saturated carbocycles. The summed E-state index contributed by atoms with van der Waals surface area (Å²) < 4.78 is 7.86. The predicted octanol–water partition coefficient (Wildman–Crippen LogP) is 3.32. The van der Waals surface area contributed by atoms with E-state index < -0.39 is 0 Å². The molecule has 1 aliphatic heterocycles. The molecule has 0 radical (unpaired) electrons. The number of ether oxygens (including phenoxy) is 1. The van der Waals surface area contributed by atoms with E-state index in [2.05, 4.69) is 24.3 Å². The number of carbonyl (C=O) groups is 1. The lowest BCUT2D eigenvalue weighted by atomic mass is 9.94. The number of nitrogens with one attached hydrogen (secondary N) is 1. The monoisotopic (exact) mass is 319 g/mol. The summed E-state index contributed by atoms with van der Waals surface area (Å²) in [5, 5.41) is 7.66. The van der Waals surface area contributed by atoms with Crippen LogP contribution in [-0.4, -0.2) is 34.4 Å². The van der Waals surface area contributed by atoms with E-state index in [0.717, 1.165) is 25.9 Å². The quantitative estimate of drug-likeness (QED) is 0.906. The van der Waals surface area contributed by atoms with E-state index in [1.54, 1.807) is 0 Å². The van der Waals surface area contributed by atoms with Crippen molar-refractivity contribution in [1.29, 1.82) is 0 Å². The highest BCUT2D eigenvalue weighted by atomic mass is 16.5. The molecule has 23 heavy (non-hydrogen) atoms. The van der Waals surface area contributed by atoms with Gasteiger partial charge >= 0.3 is 0 Å². The molecule has 3 rings (SSSR count). The van der Waals surface area contributed by atoms with Gasteiger partial charge in [-0.1, -0.05) is 26.7 Å². The van der Waals surface area contributed by atoms with Gasteiger partial charge in [0.2, 0.25) is 0 Å². The van der Waals surface area contributed by atoms with Gasteiger partial charge in [0, 0.05) is 12.8 Å². The standard InChI is InChI=1S/C18H29N3O2/c1-13(2)12-17-15(8-5-11-23-17)19-18(22)16-9-10-21(20-16)14-6-3-4-7-14/h9-10,13-15,17H,3-8,11-12H2,1-2H3,(H,19,22)/t15-,17+/m1/s1. The van der Waals surface area contributed by atoms with Crippen LogP contribution in [0, 0.1) is 5.92 Å². The third kappa shape index (κ3) is 4.14. The topological polar surface area (TPSA) is 56.1 Å².